The highest BCUT2D eigenvalue weighted by molar-refractivity contribution is 5.44. The normalized spacial score (nSPS) is 17.0. The van der Waals surface area contributed by atoms with Gasteiger partial charge in [0.1, 0.15) is 12.4 Å². The second kappa shape index (κ2) is 5.32. The van der Waals surface area contributed by atoms with E-state index in [4.69, 9.17) is 9.47 Å². The van der Waals surface area contributed by atoms with Crippen LogP contribution < -0.4 is 10.1 Å². The van der Waals surface area contributed by atoms with Crippen LogP contribution in [0.1, 0.15) is 11.6 Å². The summed E-state index contributed by atoms with van der Waals surface area (Å²) < 4.78 is 12.8. The molecule has 5 heteroatoms. The number of anilines is 1. The van der Waals surface area contributed by atoms with Crippen LogP contribution in [-0.2, 0) is 11.3 Å². The molecule has 1 aromatic carbocycles. The minimum Gasteiger partial charge on any atom is -0.491 e. The second-order valence-corrected chi connectivity index (χ2v) is 4.48. The van der Waals surface area contributed by atoms with E-state index in [1.165, 1.54) is 5.56 Å². The van der Waals surface area contributed by atoms with Gasteiger partial charge in [0.15, 0.2) is 0 Å². The largest absolute Gasteiger partial charge is 0.491 e. The number of hydrogen-bond donors (Lipinski definition) is 1. The van der Waals surface area contributed by atoms with Crippen LogP contribution in [0.2, 0.25) is 0 Å². The van der Waals surface area contributed by atoms with E-state index in [0.29, 0.717) is 13.2 Å². The molecule has 1 aliphatic heterocycles. The van der Waals surface area contributed by atoms with E-state index in [0.717, 1.165) is 18.2 Å². The van der Waals surface area contributed by atoms with Crippen molar-refractivity contribution in [3.63, 3.8) is 0 Å². The Labute approximate surface area is 112 Å². The lowest BCUT2D eigenvalue weighted by Crippen LogP contribution is -2.16. The quantitative estimate of drug-likeness (QED) is 0.893. The monoisotopic (exact) mass is 259 g/mol. The van der Waals surface area contributed by atoms with Crippen molar-refractivity contribution in [3.05, 3.63) is 42.2 Å². The Bertz CT molecular complexity index is 553. The average molecular weight is 259 g/mol. The lowest BCUT2D eigenvalue weighted by molar-refractivity contribution is 0.187. The number of nitrogens with one attached hydrogen (secondary N) is 1. The molecular formula is C14H17N3O2. The Morgan fingerprint density at radius 1 is 1.47 bits per heavy atom. The molecule has 5 nitrogen and oxygen atoms in total. The smallest absolute Gasteiger partial charge is 0.203 e. The van der Waals surface area contributed by atoms with Crippen LogP contribution in [0.4, 0.5) is 5.95 Å². The zero-order valence-corrected chi connectivity index (χ0v) is 10.9. The van der Waals surface area contributed by atoms with Crippen LogP contribution in [-0.4, -0.2) is 29.9 Å². The zero-order chi connectivity index (χ0) is 13.1. The lowest BCUT2D eigenvalue weighted by Gasteiger charge is -2.14. The minimum atomic E-state index is 0.153. The molecule has 3 rings (SSSR count). The van der Waals surface area contributed by atoms with Gasteiger partial charge in [-0.2, -0.15) is 0 Å². The maximum Gasteiger partial charge on any atom is 0.203 e. The van der Waals surface area contributed by atoms with Crippen molar-refractivity contribution in [2.45, 2.75) is 12.6 Å². The standard InChI is InChI=1S/C14H17N3O2/c1-18-9-8-17-7-6-15-14(17)16-12-10-19-13-5-3-2-4-11(12)13/h2-7,12H,8-10H2,1H3,(H,15,16). The number of hydrogen-bond acceptors (Lipinski definition) is 4. The van der Waals surface area contributed by atoms with Gasteiger partial charge in [-0.1, -0.05) is 18.2 Å². The number of nitrogens with zero attached hydrogens (tertiary/aromatic N) is 2. The number of para-hydroxylation sites is 1. The molecule has 1 N–H and O–H groups in total. The Morgan fingerprint density at radius 3 is 3.26 bits per heavy atom. The van der Waals surface area contributed by atoms with Gasteiger partial charge in [0.2, 0.25) is 5.95 Å². The lowest BCUT2D eigenvalue weighted by atomic mass is 10.1. The Morgan fingerprint density at radius 2 is 2.37 bits per heavy atom. The van der Waals surface area contributed by atoms with Gasteiger partial charge < -0.3 is 19.4 Å². The van der Waals surface area contributed by atoms with E-state index in [-0.39, 0.29) is 6.04 Å². The molecule has 1 aromatic heterocycles. The minimum absolute atomic E-state index is 0.153. The molecule has 2 aromatic rings. The number of imidazole rings is 1. The number of aromatic nitrogens is 2. The molecule has 0 amide bonds. The molecule has 0 saturated carbocycles. The first kappa shape index (κ1) is 12.0. The van der Waals surface area contributed by atoms with Gasteiger partial charge in [-0.3, -0.25) is 0 Å². The van der Waals surface area contributed by atoms with Crippen molar-refractivity contribution in [2.75, 3.05) is 25.6 Å². The topological polar surface area (TPSA) is 48.3 Å². The molecule has 1 aliphatic rings. The van der Waals surface area contributed by atoms with Crippen LogP contribution in [0, 0.1) is 0 Å². The fraction of sp³-hybridized carbons (Fsp3) is 0.357. The highest BCUT2D eigenvalue weighted by Crippen LogP contribution is 2.33. The Kier molecular flexibility index (Phi) is 3.37. The van der Waals surface area contributed by atoms with Crippen LogP contribution in [0.3, 0.4) is 0 Å². The first-order valence-electron chi connectivity index (χ1n) is 6.37. The van der Waals surface area contributed by atoms with Crippen LogP contribution in [0.15, 0.2) is 36.7 Å². The van der Waals surface area contributed by atoms with Gasteiger partial charge in [-0.25, -0.2) is 4.98 Å². The first-order valence-corrected chi connectivity index (χ1v) is 6.37. The maximum atomic E-state index is 5.66. The predicted molar refractivity (Wildman–Crippen MR) is 72.4 cm³/mol. The van der Waals surface area contributed by atoms with Gasteiger partial charge in [-0.05, 0) is 6.07 Å². The third kappa shape index (κ3) is 2.42. The summed E-state index contributed by atoms with van der Waals surface area (Å²) in [5.74, 6) is 1.80. The molecule has 0 radical (unpaired) electrons. The van der Waals surface area contributed by atoms with E-state index < -0.39 is 0 Å². The molecule has 0 saturated heterocycles. The van der Waals surface area contributed by atoms with E-state index in [9.17, 15) is 0 Å². The Hall–Kier alpha value is -2.01. The third-order valence-corrected chi connectivity index (χ3v) is 3.26. The SMILES string of the molecule is COCCn1ccnc1NC1COc2ccccc21. The number of fused-ring (bicyclic) bond motifs is 1. The van der Waals surface area contributed by atoms with Gasteiger partial charge in [0.05, 0.1) is 12.6 Å². The van der Waals surface area contributed by atoms with Crippen molar-refractivity contribution in [3.8, 4) is 5.75 Å². The summed E-state index contributed by atoms with van der Waals surface area (Å²) >= 11 is 0. The van der Waals surface area contributed by atoms with E-state index in [1.54, 1.807) is 13.3 Å². The summed E-state index contributed by atoms with van der Waals surface area (Å²) in [6.45, 7) is 2.09. The molecule has 1 unspecified atom stereocenters. The van der Waals surface area contributed by atoms with E-state index in [1.807, 2.05) is 29.0 Å². The Balaban J connectivity index is 1.74. The first-order chi connectivity index (χ1) is 9.38. The second-order valence-electron chi connectivity index (χ2n) is 4.48. The highest BCUT2D eigenvalue weighted by atomic mass is 16.5. The van der Waals surface area contributed by atoms with Gasteiger partial charge in [0, 0.05) is 31.6 Å². The number of ether oxygens (including phenoxy) is 2. The molecule has 2 heterocycles. The molecule has 0 fully saturated rings. The van der Waals surface area contributed by atoms with Crippen molar-refractivity contribution in [1.29, 1.82) is 0 Å². The fourth-order valence-electron chi connectivity index (χ4n) is 2.26. The van der Waals surface area contributed by atoms with Crippen LogP contribution in [0.5, 0.6) is 5.75 Å². The maximum absolute atomic E-state index is 5.66. The highest BCUT2D eigenvalue weighted by Gasteiger charge is 2.24. The molecule has 100 valence electrons. The van der Waals surface area contributed by atoms with Crippen molar-refractivity contribution < 1.29 is 9.47 Å². The number of methoxy groups -OCH3 is 1. The van der Waals surface area contributed by atoms with Crippen LogP contribution in [0.25, 0.3) is 0 Å². The molecule has 0 aliphatic carbocycles. The molecule has 0 spiro atoms. The molecular weight excluding hydrogens is 242 g/mol. The molecule has 19 heavy (non-hydrogen) atoms. The van der Waals surface area contributed by atoms with Crippen molar-refractivity contribution in [1.82, 2.24) is 9.55 Å². The summed E-state index contributed by atoms with van der Waals surface area (Å²) in [6, 6.07) is 8.25. The van der Waals surface area contributed by atoms with Gasteiger partial charge in [-0.15, -0.1) is 0 Å². The zero-order valence-electron chi connectivity index (χ0n) is 10.9. The van der Waals surface area contributed by atoms with Gasteiger partial charge >= 0.3 is 0 Å². The summed E-state index contributed by atoms with van der Waals surface area (Å²) in [5, 5.41) is 3.43. The van der Waals surface area contributed by atoms with E-state index in [2.05, 4.69) is 16.4 Å². The molecule has 0 bridgehead atoms. The van der Waals surface area contributed by atoms with Crippen LogP contribution >= 0.6 is 0 Å². The summed E-state index contributed by atoms with van der Waals surface area (Å²) in [5.41, 5.74) is 1.18. The van der Waals surface area contributed by atoms with Gasteiger partial charge in [0.25, 0.3) is 0 Å². The summed E-state index contributed by atoms with van der Waals surface area (Å²) in [6.07, 6.45) is 3.74. The number of rotatable bonds is 5. The predicted octanol–water partition coefficient (Wildman–Crippen LogP) is 2.08. The third-order valence-electron chi connectivity index (χ3n) is 3.26. The van der Waals surface area contributed by atoms with Crippen molar-refractivity contribution >= 4 is 5.95 Å². The number of benzene rings is 1. The van der Waals surface area contributed by atoms with Crippen molar-refractivity contribution in [2.24, 2.45) is 0 Å². The fourth-order valence-corrected chi connectivity index (χ4v) is 2.26. The average Bonchev–Trinajstić information content (AvgIpc) is 3.05. The molecule has 1 atom stereocenters. The van der Waals surface area contributed by atoms with E-state index >= 15 is 0 Å². The summed E-state index contributed by atoms with van der Waals surface area (Å²) in [4.78, 5) is 4.35. The summed E-state index contributed by atoms with van der Waals surface area (Å²) in [7, 11) is 1.70.